The average Bonchev–Trinajstić information content (AvgIpc) is 2.53. The van der Waals surface area contributed by atoms with E-state index >= 15 is 0 Å². The Hall–Kier alpha value is -0.930. The molecule has 2 atom stereocenters. The molecule has 0 saturated carbocycles. The number of nitrogens with zero attached hydrogens (tertiary/aromatic N) is 2. The van der Waals surface area contributed by atoms with Crippen LogP contribution in [0.4, 0.5) is 0 Å². The highest BCUT2D eigenvalue weighted by atomic mass is 15.2. The van der Waals surface area contributed by atoms with E-state index in [1.165, 1.54) is 31.4 Å². The highest BCUT2D eigenvalue weighted by molar-refractivity contribution is 5.16. The standard InChI is InChI=1S/C14H23N3/c1-2-9-17-10-4-3-7-13(15)14(17)12-6-5-8-16-11-12/h5-6,8,11,13-14H,2-4,7,9-10,15H2,1H3. The quantitative estimate of drug-likeness (QED) is 0.871. The summed E-state index contributed by atoms with van der Waals surface area (Å²) in [6.45, 7) is 4.53. The van der Waals surface area contributed by atoms with Crippen LogP contribution in [0.2, 0.25) is 0 Å². The van der Waals surface area contributed by atoms with Crippen LogP contribution in [0.3, 0.4) is 0 Å². The lowest BCUT2D eigenvalue weighted by molar-refractivity contribution is 0.185. The van der Waals surface area contributed by atoms with E-state index in [0.717, 1.165) is 13.0 Å². The molecule has 0 amide bonds. The topological polar surface area (TPSA) is 42.1 Å². The molecule has 1 saturated heterocycles. The summed E-state index contributed by atoms with van der Waals surface area (Å²) in [4.78, 5) is 6.77. The summed E-state index contributed by atoms with van der Waals surface area (Å²) in [6, 6.07) is 4.77. The Labute approximate surface area is 104 Å². The zero-order chi connectivity index (χ0) is 12.1. The zero-order valence-corrected chi connectivity index (χ0v) is 10.7. The molecule has 2 N–H and O–H groups in total. The number of aromatic nitrogens is 1. The zero-order valence-electron chi connectivity index (χ0n) is 10.7. The fraction of sp³-hybridized carbons (Fsp3) is 0.643. The Morgan fingerprint density at radius 3 is 3.06 bits per heavy atom. The largest absolute Gasteiger partial charge is 0.326 e. The van der Waals surface area contributed by atoms with Crippen LogP contribution in [-0.4, -0.2) is 29.0 Å². The Kier molecular flexibility index (Phi) is 4.51. The smallest absolute Gasteiger partial charge is 0.0514 e. The van der Waals surface area contributed by atoms with Gasteiger partial charge < -0.3 is 5.73 Å². The van der Waals surface area contributed by atoms with Gasteiger partial charge in [-0.1, -0.05) is 19.4 Å². The van der Waals surface area contributed by atoms with Crippen LogP contribution in [-0.2, 0) is 0 Å². The summed E-state index contributed by atoms with van der Waals surface area (Å²) in [6.07, 6.45) is 8.63. The van der Waals surface area contributed by atoms with Crippen molar-refractivity contribution in [2.24, 2.45) is 5.73 Å². The van der Waals surface area contributed by atoms with Gasteiger partial charge in [0, 0.05) is 18.4 Å². The average molecular weight is 233 g/mol. The van der Waals surface area contributed by atoms with Crippen molar-refractivity contribution in [2.75, 3.05) is 13.1 Å². The molecule has 1 aliphatic rings. The van der Waals surface area contributed by atoms with Gasteiger partial charge in [-0.3, -0.25) is 9.88 Å². The summed E-state index contributed by atoms with van der Waals surface area (Å²) in [5, 5.41) is 0. The fourth-order valence-electron chi connectivity index (χ4n) is 2.81. The van der Waals surface area contributed by atoms with Crippen molar-refractivity contribution in [3.63, 3.8) is 0 Å². The molecule has 3 heteroatoms. The monoisotopic (exact) mass is 233 g/mol. The molecule has 2 heterocycles. The van der Waals surface area contributed by atoms with Crippen LogP contribution >= 0.6 is 0 Å². The first kappa shape index (κ1) is 12.5. The molecule has 2 unspecified atom stereocenters. The van der Waals surface area contributed by atoms with Crippen molar-refractivity contribution in [3.05, 3.63) is 30.1 Å². The van der Waals surface area contributed by atoms with E-state index in [1.54, 1.807) is 0 Å². The summed E-state index contributed by atoms with van der Waals surface area (Å²) >= 11 is 0. The maximum atomic E-state index is 6.36. The van der Waals surface area contributed by atoms with Crippen LogP contribution in [0.1, 0.15) is 44.2 Å². The molecule has 1 aromatic rings. The van der Waals surface area contributed by atoms with Crippen LogP contribution in [0.5, 0.6) is 0 Å². The predicted octanol–water partition coefficient (Wildman–Crippen LogP) is 2.35. The highest BCUT2D eigenvalue weighted by Crippen LogP contribution is 2.28. The number of likely N-dealkylation sites (tertiary alicyclic amines) is 1. The first-order valence-electron chi connectivity index (χ1n) is 6.72. The summed E-state index contributed by atoms with van der Waals surface area (Å²) in [7, 11) is 0. The molecule has 17 heavy (non-hydrogen) atoms. The third-order valence-corrected chi connectivity index (χ3v) is 3.57. The fourth-order valence-corrected chi connectivity index (χ4v) is 2.81. The first-order chi connectivity index (χ1) is 8.33. The number of nitrogens with two attached hydrogens (primary N) is 1. The van der Waals surface area contributed by atoms with Crippen molar-refractivity contribution in [1.82, 2.24) is 9.88 Å². The molecule has 1 fully saturated rings. The van der Waals surface area contributed by atoms with Gasteiger partial charge in [0.2, 0.25) is 0 Å². The lowest BCUT2D eigenvalue weighted by Crippen LogP contribution is -2.40. The van der Waals surface area contributed by atoms with Crippen molar-refractivity contribution in [3.8, 4) is 0 Å². The Balaban J connectivity index is 2.23. The van der Waals surface area contributed by atoms with Crippen LogP contribution < -0.4 is 5.73 Å². The lowest BCUT2D eigenvalue weighted by atomic mass is 9.97. The number of rotatable bonds is 3. The molecule has 0 aliphatic carbocycles. The van der Waals surface area contributed by atoms with E-state index in [1.807, 2.05) is 18.5 Å². The maximum absolute atomic E-state index is 6.36. The SMILES string of the molecule is CCCN1CCCCC(N)C1c1cccnc1. The number of pyridine rings is 1. The van der Waals surface area contributed by atoms with Crippen molar-refractivity contribution >= 4 is 0 Å². The van der Waals surface area contributed by atoms with Gasteiger partial charge in [-0.05, 0) is 44.0 Å². The van der Waals surface area contributed by atoms with Crippen LogP contribution in [0, 0.1) is 0 Å². The molecule has 1 aliphatic heterocycles. The minimum atomic E-state index is 0.244. The van der Waals surface area contributed by atoms with Gasteiger partial charge in [0.05, 0.1) is 6.04 Å². The number of hydrogen-bond acceptors (Lipinski definition) is 3. The highest BCUT2D eigenvalue weighted by Gasteiger charge is 2.28. The molecule has 94 valence electrons. The Morgan fingerprint density at radius 2 is 2.35 bits per heavy atom. The Morgan fingerprint density at radius 1 is 1.47 bits per heavy atom. The molecular weight excluding hydrogens is 210 g/mol. The third kappa shape index (κ3) is 3.05. The van der Waals surface area contributed by atoms with Crippen molar-refractivity contribution in [1.29, 1.82) is 0 Å². The van der Waals surface area contributed by atoms with E-state index in [0.29, 0.717) is 6.04 Å². The van der Waals surface area contributed by atoms with Gasteiger partial charge in [0.1, 0.15) is 0 Å². The maximum Gasteiger partial charge on any atom is 0.0514 e. The van der Waals surface area contributed by atoms with E-state index in [2.05, 4.69) is 22.9 Å². The second-order valence-electron chi connectivity index (χ2n) is 4.93. The van der Waals surface area contributed by atoms with Crippen molar-refractivity contribution in [2.45, 2.75) is 44.7 Å². The molecule has 0 spiro atoms. The molecule has 0 radical (unpaired) electrons. The molecule has 1 aromatic heterocycles. The second kappa shape index (κ2) is 6.12. The first-order valence-corrected chi connectivity index (χ1v) is 6.72. The molecule has 2 rings (SSSR count). The molecule has 3 nitrogen and oxygen atoms in total. The van der Waals surface area contributed by atoms with Gasteiger partial charge in [-0.15, -0.1) is 0 Å². The van der Waals surface area contributed by atoms with Crippen molar-refractivity contribution < 1.29 is 0 Å². The normalized spacial score (nSPS) is 26.7. The lowest BCUT2D eigenvalue weighted by Gasteiger charge is -2.33. The Bertz CT molecular complexity index is 325. The predicted molar refractivity (Wildman–Crippen MR) is 70.7 cm³/mol. The van der Waals surface area contributed by atoms with Gasteiger partial charge in [0.25, 0.3) is 0 Å². The minimum absolute atomic E-state index is 0.244. The molecular formula is C14H23N3. The number of hydrogen-bond donors (Lipinski definition) is 1. The van der Waals surface area contributed by atoms with Gasteiger partial charge >= 0.3 is 0 Å². The van der Waals surface area contributed by atoms with Gasteiger partial charge in [0.15, 0.2) is 0 Å². The summed E-state index contributed by atoms with van der Waals surface area (Å²) in [5.74, 6) is 0. The second-order valence-corrected chi connectivity index (χ2v) is 4.93. The van der Waals surface area contributed by atoms with E-state index < -0.39 is 0 Å². The van der Waals surface area contributed by atoms with E-state index in [9.17, 15) is 0 Å². The van der Waals surface area contributed by atoms with Gasteiger partial charge in [-0.25, -0.2) is 0 Å². The molecule has 0 aromatic carbocycles. The summed E-state index contributed by atoms with van der Waals surface area (Å²) in [5.41, 5.74) is 7.64. The minimum Gasteiger partial charge on any atom is -0.326 e. The van der Waals surface area contributed by atoms with Crippen LogP contribution in [0.25, 0.3) is 0 Å². The van der Waals surface area contributed by atoms with E-state index in [4.69, 9.17) is 5.73 Å². The van der Waals surface area contributed by atoms with E-state index in [-0.39, 0.29) is 6.04 Å². The van der Waals surface area contributed by atoms with Crippen LogP contribution in [0.15, 0.2) is 24.5 Å². The molecule has 0 bridgehead atoms. The third-order valence-electron chi connectivity index (χ3n) is 3.57. The van der Waals surface area contributed by atoms with Gasteiger partial charge in [-0.2, -0.15) is 0 Å². The summed E-state index contributed by atoms with van der Waals surface area (Å²) < 4.78 is 0.